The third kappa shape index (κ3) is 4.55. The molecule has 1 aliphatic rings. The van der Waals surface area contributed by atoms with Gasteiger partial charge in [0.25, 0.3) is 0 Å². The maximum absolute atomic E-state index is 12.9. The molecule has 0 saturated carbocycles. The maximum Gasteiger partial charge on any atom is 0.243 e. The zero-order valence-electron chi connectivity index (χ0n) is 16.2. The van der Waals surface area contributed by atoms with Crippen LogP contribution in [-0.4, -0.2) is 36.3 Å². The average Bonchev–Trinajstić information content (AvgIpc) is 3.40. The van der Waals surface area contributed by atoms with Crippen molar-refractivity contribution >= 4 is 38.2 Å². The first-order valence-corrected chi connectivity index (χ1v) is 12.2. The second kappa shape index (κ2) is 8.69. The maximum atomic E-state index is 12.9. The number of fused-ring (bicyclic) bond motifs is 1. The van der Waals surface area contributed by atoms with Gasteiger partial charge < -0.3 is 9.88 Å². The molecule has 3 aromatic rings. The van der Waals surface area contributed by atoms with Gasteiger partial charge in [0.15, 0.2) is 0 Å². The lowest BCUT2D eigenvalue weighted by atomic mass is 10.2. The summed E-state index contributed by atoms with van der Waals surface area (Å²) in [5.41, 5.74) is 0.939. The molecule has 0 radical (unpaired) electrons. The number of carbonyl (C=O) groups is 1. The number of rotatable bonds is 7. The Hall–Kier alpha value is -2.16. The van der Waals surface area contributed by atoms with Crippen molar-refractivity contribution in [1.29, 1.82) is 0 Å². The number of amides is 1. The molecule has 0 atom stereocenters. The van der Waals surface area contributed by atoms with Gasteiger partial charge in [-0.25, -0.2) is 8.42 Å². The summed E-state index contributed by atoms with van der Waals surface area (Å²) in [5.74, 6) is 0.00421. The van der Waals surface area contributed by atoms with Crippen LogP contribution in [-0.2, 0) is 27.9 Å². The molecule has 8 heteroatoms. The fourth-order valence-corrected chi connectivity index (χ4v) is 5.89. The Bertz CT molecular complexity index is 1080. The molecule has 1 N–H and O–H groups in total. The van der Waals surface area contributed by atoms with E-state index in [-0.39, 0.29) is 5.91 Å². The van der Waals surface area contributed by atoms with Gasteiger partial charge >= 0.3 is 0 Å². The highest BCUT2D eigenvalue weighted by molar-refractivity contribution is 7.89. The third-order valence-corrected chi connectivity index (χ3v) is 8.09. The van der Waals surface area contributed by atoms with E-state index in [0.717, 1.165) is 35.0 Å². The smallest absolute Gasteiger partial charge is 0.243 e. The lowest BCUT2D eigenvalue weighted by molar-refractivity contribution is -0.121. The summed E-state index contributed by atoms with van der Waals surface area (Å²) >= 11 is 1.62. The number of piperidine rings is 1. The zero-order chi connectivity index (χ0) is 20.3. The Morgan fingerprint density at radius 1 is 1.10 bits per heavy atom. The first-order chi connectivity index (χ1) is 14.0. The molecule has 154 valence electrons. The number of nitrogens with zero attached hydrogens (tertiary/aromatic N) is 2. The fraction of sp³-hybridized carbons (Fsp3) is 0.381. The quantitative estimate of drug-likeness (QED) is 0.621. The highest BCUT2D eigenvalue weighted by Gasteiger charge is 2.26. The largest absolute Gasteiger partial charge is 0.351 e. The molecule has 4 rings (SSSR count). The number of sulfonamides is 1. The van der Waals surface area contributed by atoms with E-state index in [4.69, 9.17) is 0 Å². The van der Waals surface area contributed by atoms with Crippen molar-refractivity contribution < 1.29 is 13.2 Å². The Labute approximate surface area is 175 Å². The van der Waals surface area contributed by atoms with E-state index in [2.05, 4.69) is 5.32 Å². The van der Waals surface area contributed by atoms with E-state index in [0.29, 0.717) is 37.5 Å². The number of carbonyl (C=O) groups excluding carboxylic acids is 1. The predicted octanol–water partition coefficient (Wildman–Crippen LogP) is 3.58. The van der Waals surface area contributed by atoms with Gasteiger partial charge in [-0.1, -0.05) is 12.5 Å². The number of aromatic nitrogens is 1. The van der Waals surface area contributed by atoms with Gasteiger partial charge in [0.2, 0.25) is 15.9 Å². The Balaban J connectivity index is 1.42. The summed E-state index contributed by atoms with van der Waals surface area (Å²) in [6.07, 6.45) is 5.23. The number of hydrogen-bond acceptors (Lipinski definition) is 4. The summed E-state index contributed by atoms with van der Waals surface area (Å²) in [6, 6.07) is 11.1. The van der Waals surface area contributed by atoms with E-state index in [1.54, 1.807) is 27.8 Å². The van der Waals surface area contributed by atoms with Crippen molar-refractivity contribution in [2.45, 2.75) is 43.7 Å². The highest BCUT2D eigenvalue weighted by atomic mass is 32.2. The zero-order valence-corrected chi connectivity index (χ0v) is 17.8. The van der Waals surface area contributed by atoms with Crippen molar-refractivity contribution in [2.24, 2.45) is 0 Å². The summed E-state index contributed by atoms with van der Waals surface area (Å²) in [6.45, 7) is 2.31. The lowest BCUT2D eigenvalue weighted by Gasteiger charge is -2.25. The summed E-state index contributed by atoms with van der Waals surface area (Å²) < 4.78 is 29.4. The van der Waals surface area contributed by atoms with Gasteiger partial charge in [-0.15, -0.1) is 11.3 Å². The Morgan fingerprint density at radius 3 is 2.69 bits per heavy atom. The highest BCUT2D eigenvalue weighted by Crippen LogP contribution is 2.25. The summed E-state index contributed by atoms with van der Waals surface area (Å²) in [4.78, 5) is 13.6. The minimum atomic E-state index is -3.44. The molecule has 0 aliphatic carbocycles. The second-order valence-electron chi connectivity index (χ2n) is 7.30. The van der Waals surface area contributed by atoms with Gasteiger partial charge in [0.1, 0.15) is 0 Å². The van der Waals surface area contributed by atoms with E-state index < -0.39 is 10.0 Å². The van der Waals surface area contributed by atoms with Crippen LogP contribution in [0.1, 0.15) is 30.6 Å². The summed E-state index contributed by atoms with van der Waals surface area (Å²) in [7, 11) is -3.44. The van der Waals surface area contributed by atoms with Gasteiger partial charge in [-0.3, -0.25) is 4.79 Å². The molecule has 29 heavy (non-hydrogen) atoms. The topological polar surface area (TPSA) is 71.4 Å². The minimum Gasteiger partial charge on any atom is -0.351 e. The van der Waals surface area contributed by atoms with Gasteiger partial charge in [0, 0.05) is 48.0 Å². The monoisotopic (exact) mass is 431 g/mol. The second-order valence-corrected chi connectivity index (χ2v) is 10.3. The standard InChI is InChI=1S/C21H25N3O3S2/c25-21(22-16-18-5-4-14-28-18)9-13-23-12-8-17-15-19(6-7-20(17)23)29(26,27)24-10-2-1-3-11-24/h4-8,12,14-15H,1-3,9-11,13,16H2,(H,22,25). The number of benzene rings is 1. The van der Waals surface area contributed by atoms with Gasteiger partial charge in [-0.2, -0.15) is 4.31 Å². The first-order valence-electron chi connectivity index (χ1n) is 9.92. The first kappa shape index (κ1) is 20.1. The SMILES string of the molecule is O=C(CCn1ccc2cc(S(=O)(=O)N3CCCCC3)ccc21)NCc1cccs1. The van der Waals surface area contributed by atoms with Gasteiger partial charge in [0.05, 0.1) is 11.4 Å². The van der Waals surface area contributed by atoms with Crippen LogP contribution in [0, 0.1) is 0 Å². The molecule has 1 aromatic carbocycles. The molecule has 0 spiro atoms. The van der Waals surface area contributed by atoms with E-state index >= 15 is 0 Å². The van der Waals surface area contributed by atoms with Crippen LogP contribution in [0.4, 0.5) is 0 Å². The number of aryl methyl sites for hydroxylation is 1. The van der Waals surface area contributed by atoms with Crippen molar-refractivity contribution in [3.8, 4) is 0 Å². The van der Waals surface area contributed by atoms with Crippen molar-refractivity contribution in [2.75, 3.05) is 13.1 Å². The van der Waals surface area contributed by atoms with Crippen LogP contribution in [0.15, 0.2) is 52.9 Å². The van der Waals surface area contributed by atoms with Crippen molar-refractivity contribution in [3.05, 3.63) is 52.9 Å². The van der Waals surface area contributed by atoms with Crippen LogP contribution in [0.25, 0.3) is 10.9 Å². The van der Waals surface area contributed by atoms with E-state index in [1.165, 1.54) is 0 Å². The molecule has 1 fully saturated rings. The molecule has 3 heterocycles. The van der Waals surface area contributed by atoms with Crippen LogP contribution < -0.4 is 5.32 Å². The van der Waals surface area contributed by atoms with Crippen LogP contribution >= 0.6 is 11.3 Å². The molecule has 1 aliphatic heterocycles. The lowest BCUT2D eigenvalue weighted by Crippen LogP contribution is -2.35. The Morgan fingerprint density at radius 2 is 1.93 bits per heavy atom. The molecular formula is C21H25N3O3S2. The number of thiophene rings is 1. The van der Waals surface area contributed by atoms with Crippen LogP contribution in [0.5, 0.6) is 0 Å². The predicted molar refractivity (Wildman–Crippen MR) is 115 cm³/mol. The number of hydrogen-bond donors (Lipinski definition) is 1. The molecule has 0 bridgehead atoms. The Kier molecular flexibility index (Phi) is 6.03. The van der Waals surface area contributed by atoms with Crippen LogP contribution in [0.3, 0.4) is 0 Å². The molecule has 1 saturated heterocycles. The van der Waals surface area contributed by atoms with Crippen molar-refractivity contribution in [1.82, 2.24) is 14.2 Å². The molecule has 2 aromatic heterocycles. The third-order valence-electron chi connectivity index (χ3n) is 5.31. The summed E-state index contributed by atoms with van der Waals surface area (Å²) in [5, 5.41) is 5.80. The fourth-order valence-electron chi connectivity index (χ4n) is 3.70. The van der Waals surface area contributed by atoms with E-state index in [9.17, 15) is 13.2 Å². The molecular weight excluding hydrogens is 406 g/mol. The minimum absolute atomic E-state index is 0.00421. The molecule has 1 amide bonds. The van der Waals surface area contributed by atoms with Gasteiger partial charge in [-0.05, 0) is 48.6 Å². The average molecular weight is 432 g/mol. The van der Waals surface area contributed by atoms with Crippen molar-refractivity contribution in [3.63, 3.8) is 0 Å². The van der Waals surface area contributed by atoms with Crippen LogP contribution in [0.2, 0.25) is 0 Å². The molecule has 6 nitrogen and oxygen atoms in total. The molecule has 0 unspecified atom stereocenters. The number of nitrogens with one attached hydrogen (secondary N) is 1. The van der Waals surface area contributed by atoms with E-state index in [1.807, 2.05) is 40.4 Å². The normalized spacial score (nSPS) is 15.6.